The zero-order chi connectivity index (χ0) is 19.2. The first-order valence-corrected chi connectivity index (χ1v) is 12.0. The molecule has 9 unspecified atom stereocenters. The summed E-state index contributed by atoms with van der Waals surface area (Å²) in [7, 11) is 0. The van der Waals surface area contributed by atoms with E-state index in [1.807, 2.05) is 0 Å². The van der Waals surface area contributed by atoms with Crippen LogP contribution in [0.4, 0.5) is 0 Å². The molecule has 0 bridgehead atoms. The number of hydrogen-bond acceptors (Lipinski definition) is 1. The van der Waals surface area contributed by atoms with Crippen LogP contribution in [0.3, 0.4) is 0 Å². The molecule has 0 aromatic heterocycles. The summed E-state index contributed by atoms with van der Waals surface area (Å²) in [6.45, 7) is 11.4. The third kappa shape index (κ3) is 3.30. The lowest BCUT2D eigenvalue weighted by Crippen LogP contribution is -2.53. The molecule has 1 nitrogen and oxygen atoms in total. The Balaban J connectivity index is 1.54. The second-order valence-electron chi connectivity index (χ2n) is 11.2. The maximum Gasteiger partial charge on any atom is 0.0659 e. The van der Waals surface area contributed by atoms with Crippen molar-refractivity contribution in [2.24, 2.45) is 52.8 Å². The van der Waals surface area contributed by atoms with E-state index in [9.17, 15) is 5.26 Å². The van der Waals surface area contributed by atoms with Gasteiger partial charge in [0.25, 0.3) is 0 Å². The number of allylic oxidation sites excluding steroid dienone is 1. The van der Waals surface area contributed by atoms with E-state index in [0.717, 1.165) is 35.5 Å². The summed E-state index contributed by atoms with van der Waals surface area (Å²) in [5.74, 6) is 6.24. The first kappa shape index (κ1) is 19.5. The molecule has 0 heterocycles. The summed E-state index contributed by atoms with van der Waals surface area (Å²) in [6.07, 6.45) is 15.1. The van der Waals surface area contributed by atoms with Gasteiger partial charge in [0.15, 0.2) is 0 Å². The second-order valence-corrected chi connectivity index (χ2v) is 11.2. The Morgan fingerprint density at radius 3 is 2.67 bits per heavy atom. The lowest BCUT2D eigenvalue weighted by molar-refractivity contribution is -0.106. The lowest BCUT2D eigenvalue weighted by Gasteiger charge is -2.59. The third-order valence-corrected chi connectivity index (χ3v) is 9.93. The topological polar surface area (TPSA) is 23.8 Å². The summed E-state index contributed by atoms with van der Waals surface area (Å²) < 4.78 is 0. The molecule has 0 spiro atoms. The van der Waals surface area contributed by atoms with Crippen molar-refractivity contribution < 1.29 is 0 Å². The van der Waals surface area contributed by atoms with Crippen LogP contribution in [0.25, 0.3) is 0 Å². The van der Waals surface area contributed by atoms with Crippen molar-refractivity contribution in [3.8, 4) is 6.07 Å². The van der Waals surface area contributed by atoms with E-state index < -0.39 is 0 Å². The maximum absolute atomic E-state index is 10.1. The molecule has 27 heavy (non-hydrogen) atoms. The van der Waals surface area contributed by atoms with E-state index in [0.29, 0.717) is 17.3 Å². The van der Waals surface area contributed by atoms with Crippen LogP contribution in [0.15, 0.2) is 12.2 Å². The van der Waals surface area contributed by atoms with Crippen LogP contribution < -0.4 is 0 Å². The van der Waals surface area contributed by atoms with Gasteiger partial charge in [0, 0.05) is 5.92 Å². The Labute approximate surface area is 168 Å². The highest BCUT2D eigenvalue weighted by Crippen LogP contribution is 2.65. The molecule has 0 amide bonds. The van der Waals surface area contributed by atoms with Crippen LogP contribution in [0.5, 0.6) is 0 Å². The fourth-order valence-corrected chi connectivity index (χ4v) is 8.55. The van der Waals surface area contributed by atoms with Gasteiger partial charge in [-0.3, -0.25) is 0 Å². The van der Waals surface area contributed by atoms with E-state index in [1.165, 1.54) is 76.2 Å². The van der Waals surface area contributed by atoms with Crippen LogP contribution in [0.2, 0.25) is 0 Å². The zero-order valence-corrected chi connectivity index (χ0v) is 18.1. The van der Waals surface area contributed by atoms with Crippen LogP contribution >= 0.6 is 0 Å². The van der Waals surface area contributed by atoms with Gasteiger partial charge < -0.3 is 0 Å². The van der Waals surface area contributed by atoms with Gasteiger partial charge in [-0.2, -0.15) is 5.26 Å². The number of fused-ring (bicyclic) bond motifs is 5. The molecule has 4 saturated carbocycles. The molecule has 0 saturated heterocycles. The van der Waals surface area contributed by atoms with Gasteiger partial charge in [0.05, 0.1) is 6.07 Å². The third-order valence-electron chi connectivity index (χ3n) is 9.93. The van der Waals surface area contributed by atoms with Crippen molar-refractivity contribution in [3.63, 3.8) is 0 Å². The van der Waals surface area contributed by atoms with E-state index >= 15 is 0 Å². The van der Waals surface area contributed by atoms with Gasteiger partial charge in [-0.25, -0.2) is 0 Å². The standard InChI is InChI=1S/C26H41N/c1-17(2)8-9-18(3)21-10-11-23-22(21)12-13-24-25(23)19(16-27)15-20-7-5-6-14-26(20,24)4/h18-25H,1,5-15H2,2-4H3. The van der Waals surface area contributed by atoms with Crippen molar-refractivity contribution in [2.45, 2.75) is 91.4 Å². The van der Waals surface area contributed by atoms with Gasteiger partial charge in [-0.1, -0.05) is 32.3 Å². The van der Waals surface area contributed by atoms with Gasteiger partial charge in [-0.05, 0) is 112 Å². The van der Waals surface area contributed by atoms with Crippen LogP contribution in [-0.4, -0.2) is 0 Å². The molecule has 4 rings (SSSR count). The van der Waals surface area contributed by atoms with Crippen molar-refractivity contribution in [2.75, 3.05) is 0 Å². The summed E-state index contributed by atoms with van der Waals surface area (Å²) in [5.41, 5.74) is 1.89. The molecule has 4 aliphatic rings. The maximum atomic E-state index is 10.1. The first-order valence-electron chi connectivity index (χ1n) is 12.0. The number of rotatable bonds is 4. The monoisotopic (exact) mass is 367 g/mol. The molecule has 4 fully saturated rings. The number of hydrogen-bond donors (Lipinski definition) is 0. The predicted molar refractivity (Wildman–Crippen MR) is 113 cm³/mol. The summed E-state index contributed by atoms with van der Waals surface area (Å²) in [5, 5.41) is 10.1. The van der Waals surface area contributed by atoms with Gasteiger partial charge in [0.1, 0.15) is 0 Å². The highest BCUT2D eigenvalue weighted by molar-refractivity contribution is 5.11. The Morgan fingerprint density at radius 2 is 1.93 bits per heavy atom. The minimum absolute atomic E-state index is 0.350. The smallest absolute Gasteiger partial charge is 0.0659 e. The Kier molecular flexibility index (Phi) is 5.48. The van der Waals surface area contributed by atoms with Gasteiger partial charge in [0.2, 0.25) is 0 Å². The van der Waals surface area contributed by atoms with Crippen molar-refractivity contribution in [3.05, 3.63) is 12.2 Å². The van der Waals surface area contributed by atoms with E-state index in [2.05, 4.69) is 33.4 Å². The fraction of sp³-hybridized carbons (Fsp3) is 0.885. The molecule has 1 heteroatoms. The summed E-state index contributed by atoms with van der Waals surface area (Å²) in [6, 6.07) is 2.84. The highest BCUT2D eigenvalue weighted by atomic mass is 14.6. The van der Waals surface area contributed by atoms with E-state index in [-0.39, 0.29) is 0 Å². The second kappa shape index (κ2) is 7.57. The molecule has 4 aliphatic carbocycles. The number of nitriles is 1. The average Bonchev–Trinajstić information content (AvgIpc) is 3.09. The quantitative estimate of drug-likeness (QED) is 0.475. The fourth-order valence-electron chi connectivity index (χ4n) is 8.55. The van der Waals surface area contributed by atoms with Gasteiger partial charge in [-0.15, -0.1) is 6.58 Å². The lowest BCUT2D eigenvalue weighted by atomic mass is 9.44. The van der Waals surface area contributed by atoms with Gasteiger partial charge >= 0.3 is 0 Å². The Bertz CT molecular complexity index is 600. The SMILES string of the molecule is C=C(C)CCC(C)C1CCC2C1CCC1C2C(C#N)CC2CCCCC21C. The zero-order valence-electron chi connectivity index (χ0n) is 18.1. The summed E-state index contributed by atoms with van der Waals surface area (Å²) in [4.78, 5) is 0. The molecule has 0 radical (unpaired) electrons. The van der Waals surface area contributed by atoms with E-state index in [4.69, 9.17) is 0 Å². The Hall–Kier alpha value is -0.770. The Morgan fingerprint density at radius 1 is 1.15 bits per heavy atom. The van der Waals surface area contributed by atoms with Crippen molar-refractivity contribution in [1.29, 1.82) is 5.26 Å². The molecule has 0 aromatic carbocycles. The molecule has 0 aliphatic heterocycles. The van der Waals surface area contributed by atoms with Crippen molar-refractivity contribution in [1.82, 2.24) is 0 Å². The highest BCUT2D eigenvalue weighted by Gasteiger charge is 2.58. The van der Waals surface area contributed by atoms with E-state index in [1.54, 1.807) is 0 Å². The molecule has 9 atom stereocenters. The molecule has 150 valence electrons. The normalized spacial score (nSPS) is 47.3. The molecule has 0 aromatic rings. The van der Waals surface area contributed by atoms with Crippen LogP contribution in [-0.2, 0) is 0 Å². The first-order chi connectivity index (χ1) is 13.0. The largest absolute Gasteiger partial charge is 0.198 e. The van der Waals surface area contributed by atoms with Crippen LogP contribution in [0, 0.1) is 64.1 Å². The minimum atomic E-state index is 0.350. The van der Waals surface area contributed by atoms with Crippen LogP contribution in [0.1, 0.15) is 91.4 Å². The summed E-state index contributed by atoms with van der Waals surface area (Å²) >= 11 is 0. The van der Waals surface area contributed by atoms with Crippen molar-refractivity contribution >= 4 is 0 Å². The average molecular weight is 368 g/mol. The minimum Gasteiger partial charge on any atom is -0.198 e. The number of nitrogens with zero attached hydrogens (tertiary/aromatic N) is 1. The molecular weight excluding hydrogens is 326 g/mol. The molecular formula is C26H41N. The predicted octanol–water partition coefficient (Wildman–Crippen LogP) is 7.39. The molecule has 0 N–H and O–H groups in total.